The monoisotopic (exact) mass is 437 g/mol. The van der Waals surface area contributed by atoms with Crippen LogP contribution in [0.2, 0.25) is 5.02 Å². The van der Waals surface area contributed by atoms with Gasteiger partial charge >= 0.3 is 0 Å². The smallest absolute Gasteiger partial charge is 0.269 e. The number of aromatic nitrogens is 1. The molecule has 0 unspecified atom stereocenters. The van der Waals surface area contributed by atoms with Gasteiger partial charge < -0.3 is 9.47 Å². The van der Waals surface area contributed by atoms with E-state index in [9.17, 15) is 14.9 Å². The highest BCUT2D eigenvalue weighted by Crippen LogP contribution is 2.16. The average molecular weight is 438 g/mol. The molecule has 0 saturated heterocycles. The van der Waals surface area contributed by atoms with Crippen LogP contribution >= 0.6 is 11.6 Å². The van der Waals surface area contributed by atoms with Crippen molar-refractivity contribution in [1.82, 2.24) is 9.47 Å². The summed E-state index contributed by atoms with van der Waals surface area (Å²) < 4.78 is 2.11. The lowest BCUT2D eigenvalue weighted by Crippen LogP contribution is -2.30. The van der Waals surface area contributed by atoms with E-state index >= 15 is 0 Å². The molecule has 160 valence electrons. The van der Waals surface area contributed by atoms with Gasteiger partial charge in [0.2, 0.25) is 5.91 Å². The molecule has 2 aromatic carbocycles. The third kappa shape index (κ3) is 6.30. The number of amides is 1. The van der Waals surface area contributed by atoms with Crippen molar-refractivity contribution in [3.05, 3.63) is 105 Å². The van der Waals surface area contributed by atoms with E-state index < -0.39 is 4.92 Å². The first kappa shape index (κ1) is 22.3. The number of hydrogen-bond acceptors (Lipinski definition) is 3. The van der Waals surface area contributed by atoms with Gasteiger partial charge in [-0.1, -0.05) is 30.7 Å². The highest BCUT2D eigenvalue weighted by atomic mass is 35.5. The van der Waals surface area contributed by atoms with E-state index in [0.29, 0.717) is 24.7 Å². The van der Waals surface area contributed by atoms with Crippen LogP contribution in [0.4, 0.5) is 5.69 Å². The van der Waals surface area contributed by atoms with Gasteiger partial charge in [-0.25, -0.2) is 0 Å². The first-order valence-corrected chi connectivity index (χ1v) is 10.4. The molecule has 0 fully saturated rings. The maximum absolute atomic E-state index is 12.8. The maximum Gasteiger partial charge on any atom is 0.269 e. The molecule has 0 spiro atoms. The minimum Gasteiger partial charge on any atom is -0.345 e. The SMILES string of the molecule is CCCN(Cc1cccn1Cc1cccc(Cl)c1)C(=O)C=Cc1ccc([N+](=O)[O-])cc1. The second-order valence-corrected chi connectivity index (χ2v) is 7.64. The van der Waals surface area contributed by atoms with E-state index in [1.165, 1.54) is 18.2 Å². The zero-order valence-corrected chi connectivity index (χ0v) is 18.0. The molecule has 3 rings (SSSR count). The number of halogens is 1. The molecule has 0 N–H and O–H groups in total. The van der Waals surface area contributed by atoms with Crippen molar-refractivity contribution in [1.29, 1.82) is 0 Å². The van der Waals surface area contributed by atoms with E-state index in [1.807, 2.05) is 49.5 Å². The van der Waals surface area contributed by atoms with Crippen molar-refractivity contribution in [2.75, 3.05) is 6.54 Å². The summed E-state index contributed by atoms with van der Waals surface area (Å²) in [7, 11) is 0. The van der Waals surface area contributed by atoms with Crippen LogP contribution in [-0.2, 0) is 17.9 Å². The lowest BCUT2D eigenvalue weighted by molar-refractivity contribution is -0.384. The number of nitro benzene ring substituents is 1. The Morgan fingerprint density at radius 3 is 2.61 bits per heavy atom. The number of nitrogens with zero attached hydrogens (tertiary/aromatic N) is 3. The second-order valence-electron chi connectivity index (χ2n) is 7.20. The summed E-state index contributed by atoms with van der Waals surface area (Å²) in [6.07, 6.45) is 6.03. The Labute approximate surface area is 186 Å². The number of benzene rings is 2. The summed E-state index contributed by atoms with van der Waals surface area (Å²) in [5.74, 6) is -0.101. The summed E-state index contributed by atoms with van der Waals surface area (Å²) in [5.41, 5.74) is 2.89. The minimum absolute atomic E-state index is 0.0246. The Morgan fingerprint density at radius 1 is 1.16 bits per heavy atom. The highest BCUT2D eigenvalue weighted by molar-refractivity contribution is 6.30. The fourth-order valence-electron chi connectivity index (χ4n) is 3.29. The Balaban J connectivity index is 1.70. The zero-order valence-electron chi connectivity index (χ0n) is 17.3. The Hall–Kier alpha value is -3.38. The van der Waals surface area contributed by atoms with Crippen molar-refractivity contribution in [3.8, 4) is 0 Å². The summed E-state index contributed by atoms with van der Waals surface area (Å²) >= 11 is 6.10. The normalized spacial score (nSPS) is 11.0. The van der Waals surface area contributed by atoms with Crippen LogP contribution in [0.25, 0.3) is 6.08 Å². The Morgan fingerprint density at radius 2 is 1.94 bits per heavy atom. The Kier molecular flexibility index (Phi) is 7.62. The number of carbonyl (C=O) groups is 1. The van der Waals surface area contributed by atoms with E-state index in [2.05, 4.69) is 4.57 Å². The van der Waals surface area contributed by atoms with Crippen LogP contribution < -0.4 is 0 Å². The number of carbonyl (C=O) groups excluding carboxylic acids is 1. The number of rotatable bonds is 9. The highest BCUT2D eigenvalue weighted by Gasteiger charge is 2.13. The number of hydrogen-bond donors (Lipinski definition) is 0. The molecule has 1 heterocycles. The summed E-state index contributed by atoms with van der Waals surface area (Å²) in [6, 6.07) is 17.8. The van der Waals surface area contributed by atoms with Crippen molar-refractivity contribution in [2.45, 2.75) is 26.4 Å². The van der Waals surface area contributed by atoms with Crippen LogP contribution in [0.15, 0.2) is 72.9 Å². The second kappa shape index (κ2) is 10.6. The van der Waals surface area contributed by atoms with Crippen LogP contribution in [0.5, 0.6) is 0 Å². The quantitative estimate of drug-likeness (QED) is 0.250. The first-order valence-electron chi connectivity index (χ1n) is 10.1. The molecule has 0 bridgehead atoms. The van der Waals surface area contributed by atoms with Crippen molar-refractivity contribution in [3.63, 3.8) is 0 Å². The molecule has 0 radical (unpaired) electrons. The lowest BCUT2D eigenvalue weighted by Gasteiger charge is -2.22. The molecule has 31 heavy (non-hydrogen) atoms. The molecule has 0 aliphatic rings. The number of nitro groups is 1. The van der Waals surface area contributed by atoms with Crippen LogP contribution in [0.1, 0.15) is 30.2 Å². The van der Waals surface area contributed by atoms with Gasteiger partial charge in [0, 0.05) is 48.2 Å². The summed E-state index contributed by atoms with van der Waals surface area (Å²) in [4.78, 5) is 24.9. The molecule has 6 nitrogen and oxygen atoms in total. The van der Waals surface area contributed by atoms with E-state index in [-0.39, 0.29) is 11.6 Å². The Bertz CT molecular complexity index is 1070. The van der Waals surface area contributed by atoms with Gasteiger partial charge in [-0.3, -0.25) is 14.9 Å². The fraction of sp³-hybridized carbons (Fsp3) is 0.208. The third-order valence-corrected chi connectivity index (χ3v) is 5.08. The van der Waals surface area contributed by atoms with E-state index in [1.54, 1.807) is 23.1 Å². The van der Waals surface area contributed by atoms with Crippen LogP contribution in [-0.4, -0.2) is 26.8 Å². The van der Waals surface area contributed by atoms with Gasteiger partial charge in [-0.15, -0.1) is 0 Å². The molecule has 0 atom stereocenters. The molecular weight excluding hydrogens is 414 g/mol. The predicted octanol–water partition coefficient (Wildman–Crippen LogP) is 5.55. The summed E-state index contributed by atoms with van der Waals surface area (Å²) in [5, 5.41) is 11.5. The maximum atomic E-state index is 12.8. The molecule has 1 aromatic heterocycles. The van der Waals surface area contributed by atoms with Gasteiger partial charge in [0.15, 0.2) is 0 Å². The van der Waals surface area contributed by atoms with Gasteiger partial charge in [-0.05, 0) is 60.0 Å². The van der Waals surface area contributed by atoms with Gasteiger partial charge in [0.05, 0.1) is 11.5 Å². The van der Waals surface area contributed by atoms with Crippen molar-refractivity contribution >= 4 is 29.3 Å². The third-order valence-electron chi connectivity index (χ3n) is 4.85. The lowest BCUT2D eigenvalue weighted by atomic mass is 10.2. The molecular formula is C24H24ClN3O3. The minimum atomic E-state index is -0.444. The summed E-state index contributed by atoms with van der Waals surface area (Å²) in [6.45, 7) is 3.83. The van der Waals surface area contributed by atoms with Gasteiger partial charge in [0.1, 0.15) is 0 Å². The molecule has 0 aliphatic carbocycles. The largest absolute Gasteiger partial charge is 0.345 e. The van der Waals surface area contributed by atoms with Gasteiger partial charge in [0.25, 0.3) is 5.69 Å². The number of non-ortho nitro benzene ring substituents is 1. The fourth-order valence-corrected chi connectivity index (χ4v) is 3.50. The zero-order chi connectivity index (χ0) is 22.2. The van der Waals surface area contributed by atoms with Crippen molar-refractivity contribution in [2.24, 2.45) is 0 Å². The molecule has 0 aliphatic heterocycles. The molecule has 7 heteroatoms. The standard InChI is InChI=1S/C24H24ClN3O3/c1-2-14-27(24(29)13-10-19-8-11-22(12-9-19)28(30)31)18-23-7-4-15-26(23)17-20-5-3-6-21(25)16-20/h3-13,15-16H,2,14,17-18H2,1H3. The van der Waals surface area contributed by atoms with Crippen molar-refractivity contribution < 1.29 is 9.72 Å². The molecule has 3 aromatic rings. The topological polar surface area (TPSA) is 68.4 Å². The van der Waals surface area contributed by atoms with E-state index in [0.717, 1.165) is 23.2 Å². The van der Waals surface area contributed by atoms with Crippen LogP contribution in [0, 0.1) is 10.1 Å². The molecule has 0 saturated carbocycles. The molecule has 1 amide bonds. The predicted molar refractivity (Wildman–Crippen MR) is 123 cm³/mol. The first-order chi connectivity index (χ1) is 15.0. The van der Waals surface area contributed by atoms with E-state index in [4.69, 9.17) is 11.6 Å². The van der Waals surface area contributed by atoms with Gasteiger partial charge in [-0.2, -0.15) is 0 Å². The average Bonchev–Trinajstić information content (AvgIpc) is 3.18. The van der Waals surface area contributed by atoms with Crippen LogP contribution in [0.3, 0.4) is 0 Å².